The van der Waals surface area contributed by atoms with Crippen LogP contribution in [0.5, 0.6) is 11.5 Å². The molecule has 0 fully saturated rings. The van der Waals surface area contributed by atoms with E-state index in [-0.39, 0.29) is 0 Å². The monoisotopic (exact) mass is 313 g/mol. The van der Waals surface area contributed by atoms with Crippen molar-refractivity contribution in [3.63, 3.8) is 0 Å². The van der Waals surface area contributed by atoms with Crippen molar-refractivity contribution in [1.29, 1.82) is 0 Å². The highest BCUT2D eigenvalue weighted by Crippen LogP contribution is 2.36. The van der Waals surface area contributed by atoms with Gasteiger partial charge in [0, 0.05) is 11.1 Å². The number of hydrogen-bond donors (Lipinski definition) is 1. The summed E-state index contributed by atoms with van der Waals surface area (Å²) in [5, 5.41) is 0. The van der Waals surface area contributed by atoms with E-state index in [1.807, 2.05) is 48.5 Å². The van der Waals surface area contributed by atoms with Gasteiger partial charge in [-0.3, -0.25) is 0 Å². The molecular weight excluding hydrogens is 298 g/mol. The second-order valence-corrected chi connectivity index (χ2v) is 5.03. The average Bonchev–Trinajstić information content (AvgIpc) is 2.97. The van der Waals surface area contributed by atoms with Gasteiger partial charge in [-0.25, -0.2) is 0 Å². The smallest absolute Gasteiger partial charge is 0.266 e. The van der Waals surface area contributed by atoms with E-state index in [4.69, 9.17) is 26.1 Å². The molecule has 0 atom stereocenters. The molecule has 0 saturated heterocycles. The Morgan fingerprint density at radius 3 is 2.32 bits per heavy atom. The van der Waals surface area contributed by atoms with Crippen LogP contribution in [0.2, 0.25) is 0 Å². The van der Waals surface area contributed by atoms with Gasteiger partial charge in [-0.1, -0.05) is 30.3 Å². The first-order valence-electron chi connectivity index (χ1n) is 6.74. The number of aromatic nitrogens is 1. The third kappa shape index (κ3) is 2.63. The molecule has 0 radical (unpaired) electrons. The lowest BCUT2D eigenvalue weighted by molar-refractivity contribution is 0.355. The molecule has 22 heavy (non-hydrogen) atoms. The molecule has 3 aromatic rings. The Morgan fingerprint density at radius 2 is 1.64 bits per heavy atom. The highest BCUT2D eigenvalue weighted by Gasteiger charge is 2.15. The summed E-state index contributed by atoms with van der Waals surface area (Å²) in [6, 6.07) is 15.5. The van der Waals surface area contributed by atoms with Crippen molar-refractivity contribution in [2.24, 2.45) is 0 Å². The van der Waals surface area contributed by atoms with E-state index in [9.17, 15) is 0 Å². The fourth-order valence-corrected chi connectivity index (χ4v) is 2.50. The molecule has 0 aliphatic rings. The Kier molecular flexibility index (Phi) is 3.98. The first-order valence-corrected chi connectivity index (χ1v) is 7.14. The number of aromatic amines is 1. The van der Waals surface area contributed by atoms with E-state index in [0.717, 1.165) is 16.8 Å². The first-order chi connectivity index (χ1) is 10.7. The molecule has 1 heterocycles. The number of oxazole rings is 1. The number of methoxy groups -OCH3 is 2. The summed E-state index contributed by atoms with van der Waals surface area (Å²) in [7, 11) is 3.22. The second-order valence-electron chi connectivity index (χ2n) is 4.65. The molecule has 0 unspecified atom stereocenters. The maximum absolute atomic E-state index is 5.67. The zero-order valence-electron chi connectivity index (χ0n) is 12.3. The third-order valence-electron chi connectivity index (χ3n) is 3.36. The molecule has 4 nitrogen and oxygen atoms in total. The number of ether oxygens (including phenoxy) is 2. The third-order valence-corrected chi connectivity index (χ3v) is 3.54. The number of benzene rings is 2. The summed E-state index contributed by atoms with van der Waals surface area (Å²) >= 11 is 5.15. The minimum absolute atomic E-state index is 0.337. The van der Waals surface area contributed by atoms with Crippen molar-refractivity contribution >= 4 is 12.2 Å². The fourth-order valence-electron chi connectivity index (χ4n) is 2.32. The van der Waals surface area contributed by atoms with Gasteiger partial charge in [0.05, 0.1) is 19.9 Å². The molecule has 112 valence electrons. The summed E-state index contributed by atoms with van der Waals surface area (Å²) in [4.78, 5) is 3.44. The highest BCUT2D eigenvalue weighted by molar-refractivity contribution is 7.71. The van der Waals surface area contributed by atoms with Crippen LogP contribution in [0.25, 0.3) is 22.6 Å². The van der Waals surface area contributed by atoms with Gasteiger partial charge in [-0.15, -0.1) is 0 Å². The average molecular weight is 313 g/mol. The van der Waals surface area contributed by atoms with E-state index in [1.165, 1.54) is 0 Å². The molecule has 2 aromatic carbocycles. The van der Waals surface area contributed by atoms with Crippen molar-refractivity contribution < 1.29 is 13.9 Å². The lowest BCUT2D eigenvalue weighted by atomic mass is 10.1. The van der Waals surface area contributed by atoms with E-state index >= 15 is 0 Å². The maximum Gasteiger partial charge on any atom is 0.266 e. The molecular formula is C17H15NO3S. The molecule has 1 aromatic heterocycles. The molecule has 0 bridgehead atoms. The molecule has 3 rings (SSSR count). The van der Waals surface area contributed by atoms with Crippen molar-refractivity contribution in [3.8, 4) is 34.1 Å². The highest BCUT2D eigenvalue weighted by atomic mass is 32.1. The van der Waals surface area contributed by atoms with Crippen LogP contribution in [0.4, 0.5) is 0 Å². The zero-order valence-corrected chi connectivity index (χ0v) is 13.1. The van der Waals surface area contributed by atoms with Crippen molar-refractivity contribution in [3.05, 3.63) is 53.4 Å². The van der Waals surface area contributed by atoms with Crippen LogP contribution in [0.3, 0.4) is 0 Å². The topological polar surface area (TPSA) is 47.4 Å². The SMILES string of the molecule is COc1ccc(-c2[nH]c(=S)oc2-c2ccccc2)cc1OC. The van der Waals surface area contributed by atoms with Crippen LogP contribution in [0.1, 0.15) is 0 Å². The number of nitrogens with one attached hydrogen (secondary N) is 1. The Bertz CT molecular complexity index is 837. The summed E-state index contributed by atoms with van der Waals surface area (Å²) in [6.07, 6.45) is 0. The van der Waals surface area contributed by atoms with E-state index < -0.39 is 0 Å². The predicted octanol–water partition coefficient (Wildman–Crippen LogP) is 4.69. The Morgan fingerprint density at radius 1 is 0.909 bits per heavy atom. The lowest BCUT2D eigenvalue weighted by Gasteiger charge is -2.09. The van der Waals surface area contributed by atoms with Crippen molar-refractivity contribution in [2.45, 2.75) is 0 Å². The molecule has 0 spiro atoms. The minimum Gasteiger partial charge on any atom is -0.493 e. The van der Waals surface area contributed by atoms with Crippen LogP contribution >= 0.6 is 12.2 Å². The van der Waals surface area contributed by atoms with Gasteiger partial charge in [0.2, 0.25) is 0 Å². The Balaban J connectivity index is 2.15. The van der Waals surface area contributed by atoms with Gasteiger partial charge >= 0.3 is 0 Å². The van der Waals surface area contributed by atoms with Gasteiger partial charge in [0.15, 0.2) is 17.3 Å². The normalized spacial score (nSPS) is 10.5. The van der Waals surface area contributed by atoms with Crippen LogP contribution < -0.4 is 9.47 Å². The van der Waals surface area contributed by atoms with E-state index in [0.29, 0.717) is 22.1 Å². The van der Waals surface area contributed by atoms with Gasteiger partial charge in [-0.2, -0.15) is 0 Å². The van der Waals surface area contributed by atoms with Crippen LogP contribution in [0.15, 0.2) is 52.9 Å². The largest absolute Gasteiger partial charge is 0.493 e. The van der Waals surface area contributed by atoms with Gasteiger partial charge < -0.3 is 18.9 Å². The lowest BCUT2D eigenvalue weighted by Crippen LogP contribution is -1.91. The summed E-state index contributed by atoms with van der Waals surface area (Å²) in [5.41, 5.74) is 2.69. The Labute approximate surface area is 133 Å². The predicted molar refractivity (Wildman–Crippen MR) is 87.9 cm³/mol. The standard InChI is InChI=1S/C17H15NO3S/c1-19-13-9-8-12(10-14(13)20-2)15-16(21-17(22)18-15)11-6-4-3-5-7-11/h3-10H,1-2H3,(H,18,22). The fraction of sp³-hybridized carbons (Fsp3) is 0.118. The molecule has 1 N–H and O–H groups in total. The quantitative estimate of drug-likeness (QED) is 0.710. The molecule has 0 saturated carbocycles. The summed E-state index contributed by atoms with van der Waals surface area (Å²) in [6.45, 7) is 0. The van der Waals surface area contributed by atoms with Gasteiger partial charge in [0.25, 0.3) is 4.84 Å². The zero-order chi connectivity index (χ0) is 15.5. The number of H-pyrrole nitrogens is 1. The van der Waals surface area contributed by atoms with Crippen LogP contribution in [-0.4, -0.2) is 19.2 Å². The van der Waals surface area contributed by atoms with Gasteiger partial charge in [-0.05, 0) is 30.4 Å². The molecule has 5 heteroatoms. The number of rotatable bonds is 4. The summed E-state index contributed by atoms with van der Waals surface area (Å²) in [5.74, 6) is 2.03. The van der Waals surface area contributed by atoms with E-state index in [2.05, 4.69) is 4.98 Å². The van der Waals surface area contributed by atoms with Crippen molar-refractivity contribution in [2.75, 3.05) is 14.2 Å². The van der Waals surface area contributed by atoms with E-state index in [1.54, 1.807) is 14.2 Å². The van der Waals surface area contributed by atoms with Crippen LogP contribution in [0, 0.1) is 4.84 Å². The minimum atomic E-state index is 0.337. The van der Waals surface area contributed by atoms with Crippen LogP contribution in [-0.2, 0) is 0 Å². The van der Waals surface area contributed by atoms with Crippen molar-refractivity contribution in [1.82, 2.24) is 4.98 Å². The molecule has 0 aliphatic carbocycles. The summed E-state index contributed by atoms with van der Waals surface area (Å²) < 4.78 is 16.3. The van der Waals surface area contributed by atoms with Gasteiger partial charge in [0.1, 0.15) is 0 Å². The Hall–Kier alpha value is -2.53. The molecule has 0 aliphatic heterocycles. The maximum atomic E-state index is 5.67. The first kappa shape index (κ1) is 14.4. The number of hydrogen-bond acceptors (Lipinski definition) is 4. The second kappa shape index (κ2) is 6.07. The molecule has 0 amide bonds.